The highest BCUT2D eigenvalue weighted by molar-refractivity contribution is 7.80. The number of nitrogens with zero attached hydrogens (tertiary/aromatic N) is 1. The molecule has 1 aliphatic rings. The van der Waals surface area contributed by atoms with Gasteiger partial charge in [0.05, 0.1) is 0 Å². The number of amides is 1. The summed E-state index contributed by atoms with van der Waals surface area (Å²) in [7, 11) is 0. The lowest BCUT2D eigenvalue weighted by Crippen LogP contribution is -2.35. The van der Waals surface area contributed by atoms with Gasteiger partial charge < -0.3 is 15.4 Å². The number of likely N-dealkylation sites (tertiary alicyclic amines) is 1. The van der Waals surface area contributed by atoms with Crippen LogP contribution in [0.25, 0.3) is 0 Å². The Balaban J connectivity index is 1.84. The van der Waals surface area contributed by atoms with Crippen LogP contribution in [0.1, 0.15) is 31.7 Å². The van der Waals surface area contributed by atoms with Crippen molar-refractivity contribution in [2.75, 3.05) is 19.7 Å². The lowest BCUT2D eigenvalue weighted by atomic mass is 10.0. The van der Waals surface area contributed by atoms with Crippen LogP contribution in [-0.4, -0.2) is 35.5 Å². The number of rotatable bonds is 4. The van der Waals surface area contributed by atoms with E-state index in [1.165, 1.54) is 6.42 Å². The molecule has 0 spiro atoms. The van der Waals surface area contributed by atoms with Crippen molar-refractivity contribution in [1.29, 1.82) is 0 Å². The van der Waals surface area contributed by atoms with E-state index in [2.05, 4.69) is 6.92 Å². The van der Waals surface area contributed by atoms with Crippen LogP contribution >= 0.6 is 12.2 Å². The standard InChI is InChI=1S/C16H22N2O2S/c1-12-3-2-9-18(10-8-12)15(19)11-20-14-6-4-13(5-7-14)16(17)21/h4-7,12H,2-3,8-11H2,1H3,(H2,17,21). The first-order chi connectivity index (χ1) is 10.1. The molecule has 1 aromatic carbocycles. The second kappa shape index (κ2) is 7.41. The fourth-order valence-electron chi connectivity index (χ4n) is 2.46. The van der Waals surface area contributed by atoms with E-state index in [0.717, 1.165) is 31.5 Å². The number of nitrogens with two attached hydrogens (primary N) is 1. The van der Waals surface area contributed by atoms with Crippen molar-refractivity contribution in [1.82, 2.24) is 4.90 Å². The van der Waals surface area contributed by atoms with Gasteiger partial charge in [-0.15, -0.1) is 0 Å². The summed E-state index contributed by atoms with van der Waals surface area (Å²) in [6.07, 6.45) is 3.36. The number of benzene rings is 1. The summed E-state index contributed by atoms with van der Waals surface area (Å²) in [5.74, 6) is 1.42. The lowest BCUT2D eigenvalue weighted by molar-refractivity contribution is -0.133. The fourth-order valence-corrected chi connectivity index (χ4v) is 2.60. The number of hydrogen-bond donors (Lipinski definition) is 1. The van der Waals surface area contributed by atoms with Crippen molar-refractivity contribution in [2.45, 2.75) is 26.2 Å². The molecule has 1 atom stereocenters. The quantitative estimate of drug-likeness (QED) is 0.868. The van der Waals surface area contributed by atoms with Gasteiger partial charge in [0, 0.05) is 18.7 Å². The Labute approximate surface area is 131 Å². The number of thiocarbonyl (C=S) groups is 1. The maximum atomic E-state index is 12.2. The van der Waals surface area contributed by atoms with Crippen LogP contribution in [0.4, 0.5) is 0 Å². The van der Waals surface area contributed by atoms with Crippen LogP contribution in [0.3, 0.4) is 0 Å². The summed E-state index contributed by atoms with van der Waals surface area (Å²) in [6.45, 7) is 4.01. The zero-order valence-electron chi connectivity index (χ0n) is 12.4. The van der Waals surface area contributed by atoms with Crippen molar-refractivity contribution in [3.8, 4) is 5.75 Å². The van der Waals surface area contributed by atoms with Crippen molar-refractivity contribution < 1.29 is 9.53 Å². The highest BCUT2D eigenvalue weighted by Gasteiger charge is 2.18. The molecule has 1 fully saturated rings. The summed E-state index contributed by atoms with van der Waals surface area (Å²) in [5, 5.41) is 0. The molecule has 5 heteroatoms. The maximum Gasteiger partial charge on any atom is 0.260 e. The molecule has 0 aliphatic carbocycles. The minimum Gasteiger partial charge on any atom is -0.484 e. The molecule has 1 amide bonds. The molecule has 1 unspecified atom stereocenters. The van der Waals surface area contributed by atoms with Gasteiger partial charge in [0.2, 0.25) is 0 Å². The topological polar surface area (TPSA) is 55.6 Å². The summed E-state index contributed by atoms with van der Waals surface area (Å²) >= 11 is 4.90. The van der Waals surface area contributed by atoms with E-state index in [-0.39, 0.29) is 12.5 Å². The number of ether oxygens (including phenoxy) is 1. The van der Waals surface area contributed by atoms with Crippen LogP contribution in [0.5, 0.6) is 5.75 Å². The highest BCUT2D eigenvalue weighted by Crippen LogP contribution is 2.17. The third-order valence-corrected chi connectivity index (χ3v) is 4.11. The third-order valence-electron chi connectivity index (χ3n) is 3.87. The van der Waals surface area contributed by atoms with Crippen LogP contribution in [0.15, 0.2) is 24.3 Å². The first-order valence-electron chi connectivity index (χ1n) is 7.36. The van der Waals surface area contributed by atoms with Crippen LogP contribution in [-0.2, 0) is 4.79 Å². The number of carbonyl (C=O) groups is 1. The fraction of sp³-hybridized carbons (Fsp3) is 0.500. The first-order valence-corrected chi connectivity index (χ1v) is 7.77. The van der Waals surface area contributed by atoms with E-state index in [1.54, 1.807) is 24.3 Å². The zero-order chi connectivity index (χ0) is 15.2. The van der Waals surface area contributed by atoms with Crippen LogP contribution in [0, 0.1) is 5.92 Å². The summed E-state index contributed by atoms with van der Waals surface area (Å²) in [4.78, 5) is 14.4. The predicted octanol–water partition coefficient (Wildman–Crippen LogP) is 2.35. The average molecular weight is 306 g/mol. The van der Waals surface area contributed by atoms with Gasteiger partial charge >= 0.3 is 0 Å². The van der Waals surface area contributed by atoms with E-state index in [1.807, 2.05) is 4.90 Å². The van der Waals surface area contributed by atoms with Gasteiger partial charge in [-0.3, -0.25) is 4.79 Å². The maximum absolute atomic E-state index is 12.2. The second-order valence-electron chi connectivity index (χ2n) is 5.59. The van der Waals surface area contributed by atoms with Crippen LogP contribution in [0.2, 0.25) is 0 Å². The monoisotopic (exact) mass is 306 g/mol. The molecule has 2 rings (SSSR count). The Morgan fingerprint density at radius 3 is 2.71 bits per heavy atom. The summed E-state index contributed by atoms with van der Waals surface area (Å²) in [6, 6.07) is 7.17. The summed E-state index contributed by atoms with van der Waals surface area (Å²) < 4.78 is 5.55. The van der Waals surface area contributed by atoms with Gasteiger partial charge in [0.1, 0.15) is 10.7 Å². The van der Waals surface area contributed by atoms with Gasteiger partial charge in [-0.25, -0.2) is 0 Å². The predicted molar refractivity (Wildman–Crippen MR) is 87.4 cm³/mol. The van der Waals surface area contributed by atoms with E-state index in [0.29, 0.717) is 16.7 Å². The molecule has 0 radical (unpaired) electrons. The second-order valence-corrected chi connectivity index (χ2v) is 6.03. The molecule has 0 saturated carbocycles. The molecular formula is C16H22N2O2S. The van der Waals surface area contributed by atoms with E-state index >= 15 is 0 Å². The Kier molecular flexibility index (Phi) is 5.56. The van der Waals surface area contributed by atoms with E-state index < -0.39 is 0 Å². The molecule has 21 heavy (non-hydrogen) atoms. The average Bonchev–Trinajstić information content (AvgIpc) is 2.70. The Morgan fingerprint density at radius 1 is 1.33 bits per heavy atom. The Bertz CT molecular complexity index is 502. The van der Waals surface area contributed by atoms with E-state index in [9.17, 15) is 4.79 Å². The lowest BCUT2D eigenvalue weighted by Gasteiger charge is -2.20. The Morgan fingerprint density at radius 2 is 2.05 bits per heavy atom. The molecule has 1 saturated heterocycles. The Hall–Kier alpha value is -1.62. The minimum atomic E-state index is 0.0579. The van der Waals surface area contributed by atoms with Crippen LogP contribution < -0.4 is 10.5 Å². The molecule has 114 valence electrons. The molecule has 0 bridgehead atoms. The smallest absolute Gasteiger partial charge is 0.260 e. The largest absolute Gasteiger partial charge is 0.484 e. The van der Waals surface area contributed by atoms with Gasteiger partial charge in [-0.1, -0.05) is 19.1 Å². The zero-order valence-corrected chi connectivity index (χ0v) is 13.2. The van der Waals surface area contributed by atoms with Gasteiger partial charge in [0.15, 0.2) is 6.61 Å². The normalized spacial score (nSPS) is 18.9. The van der Waals surface area contributed by atoms with Crippen molar-refractivity contribution in [2.24, 2.45) is 11.7 Å². The molecular weight excluding hydrogens is 284 g/mol. The van der Waals surface area contributed by atoms with E-state index in [4.69, 9.17) is 22.7 Å². The van der Waals surface area contributed by atoms with Crippen molar-refractivity contribution >= 4 is 23.1 Å². The molecule has 1 aliphatic heterocycles. The van der Waals surface area contributed by atoms with Gasteiger partial charge in [-0.2, -0.15) is 0 Å². The molecule has 0 aromatic heterocycles. The number of hydrogen-bond acceptors (Lipinski definition) is 3. The van der Waals surface area contributed by atoms with Gasteiger partial charge in [0.25, 0.3) is 5.91 Å². The highest BCUT2D eigenvalue weighted by atomic mass is 32.1. The SMILES string of the molecule is CC1CCCN(C(=O)COc2ccc(C(N)=S)cc2)CC1. The first kappa shape index (κ1) is 15.8. The summed E-state index contributed by atoms with van der Waals surface area (Å²) in [5.41, 5.74) is 6.34. The van der Waals surface area contributed by atoms with Crippen molar-refractivity contribution in [3.05, 3.63) is 29.8 Å². The minimum absolute atomic E-state index is 0.0579. The van der Waals surface area contributed by atoms with Gasteiger partial charge in [-0.05, 0) is 49.4 Å². The molecule has 1 aromatic rings. The molecule has 1 heterocycles. The number of carbonyl (C=O) groups excluding carboxylic acids is 1. The molecule has 4 nitrogen and oxygen atoms in total. The third kappa shape index (κ3) is 4.70. The van der Waals surface area contributed by atoms with Crippen molar-refractivity contribution in [3.63, 3.8) is 0 Å². The molecule has 2 N–H and O–H groups in total.